The molecule has 1 N–H and O–H groups in total. The molecule has 1 aromatic rings. The third-order valence-corrected chi connectivity index (χ3v) is 4.83. The summed E-state index contributed by atoms with van der Waals surface area (Å²) in [5.41, 5.74) is 3.52. The van der Waals surface area contributed by atoms with Crippen molar-refractivity contribution >= 4 is 0 Å². The molecular weight excluding hydrogens is 230 g/mol. The number of rotatable bonds is 4. The van der Waals surface area contributed by atoms with E-state index in [1.165, 1.54) is 44.1 Å². The number of hydrogen-bond donors (Lipinski definition) is 1. The van der Waals surface area contributed by atoms with E-state index in [0.29, 0.717) is 11.5 Å². The predicted octanol–water partition coefficient (Wildman–Crippen LogP) is 4.62. The molecule has 0 bridgehead atoms. The highest BCUT2D eigenvalue weighted by atomic mass is 14.9. The van der Waals surface area contributed by atoms with Gasteiger partial charge >= 0.3 is 0 Å². The maximum Gasteiger partial charge on any atom is 0.0208 e. The normalized spacial score (nSPS) is 26.3. The fraction of sp³-hybridized carbons (Fsp3) is 0.667. The lowest BCUT2D eigenvalue weighted by atomic mass is 9.75. The van der Waals surface area contributed by atoms with Gasteiger partial charge in [0.25, 0.3) is 0 Å². The molecular formula is C18H27N. The van der Waals surface area contributed by atoms with E-state index in [9.17, 15) is 0 Å². The standard InChI is InChI=1S/C18H27N/c1-18(2)11-3-4-17(12-18)19-13-14-5-7-15(8-6-14)16-9-10-16/h5-8,16-17,19H,3-4,9-13H2,1-2H3. The van der Waals surface area contributed by atoms with Gasteiger partial charge in [0.15, 0.2) is 0 Å². The first-order valence-corrected chi connectivity index (χ1v) is 7.95. The van der Waals surface area contributed by atoms with Crippen molar-refractivity contribution in [1.29, 1.82) is 0 Å². The summed E-state index contributed by atoms with van der Waals surface area (Å²) in [6, 6.07) is 10.0. The van der Waals surface area contributed by atoms with Crippen molar-refractivity contribution in [2.45, 2.75) is 70.9 Å². The number of benzene rings is 1. The van der Waals surface area contributed by atoms with Gasteiger partial charge in [0.05, 0.1) is 0 Å². The summed E-state index contributed by atoms with van der Waals surface area (Å²) in [5.74, 6) is 0.876. The minimum Gasteiger partial charge on any atom is -0.310 e. The first kappa shape index (κ1) is 13.2. The van der Waals surface area contributed by atoms with Crippen LogP contribution in [0.25, 0.3) is 0 Å². The van der Waals surface area contributed by atoms with Gasteiger partial charge in [-0.3, -0.25) is 0 Å². The van der Waals surface area contributed by atoms with Gasteiger partial charge in [-0.2, -0.15) is 0 Å². The lowest BCUT2D eigenvalue weighted by Crippen LogP contribution is -2.36. The summed E-state index contributed by atoms with van der Waals surface area (Å²) < 4.78 is 0. The van der Waals surface area contributed by atoms with Crippen LogP contribution in [0.15, 0.2) is 24.3 Å². The maximum atomic E-state index is 3.76. The van der Waals surface area contributed by atoms with Crippen LogP contribution in [0.3, 0.4) is 0 Å². The van der Waals surface area contributed by atoms with Crippen LogP contribution >= 0.6 is 0 Å². The lowest BCUT2D eigenvalue weighted by Gasteiger charge is -2.35. The molecule has 3 rings (SSSR count). The summed E-state index contributed by atoms with van der Waals surface area (Å²) in [6.07, 6.45) is 8.24. The smallest absolute Gasteiger partial charge is 0.0208 e. The molecule has 1 aromatic carbocycles. The van der Waals surface area contributed by atoms with E-state index < -0.39 is 0 Å². The molecule has 104 valence electrons. The Labute approximate surface area is 117 Å². The van der Waals surface area contributed by atoms with Crippen molar-refractivity contribution in [2.24, 2.45) is 5.41 Å². The van der Waals surface area contributed by atoms with E-state index in [4.69, 9.17) is 0 Å². The Bertz CT molecular complexity index is 414. The Morgan fingerprint density at radius 1 is 1.11 bits per heavy atom. The van der Waals surface area contributed by atoms with E-state index in [0.717, 1.165) is 12.5 Å². The Kier molecular flexibility index (Phi) is 3.66. The molecule has 1 nitrogen and oxygen atoms in total. The molecule has 0 amide bonds. The highest BCUT2D eigenvalue weighted by Crippen LogP contribution is 2.40. The highest BCUT2D eigenvalue weighted by molar-refractivity contribution is 5.28. The molecule has 1 atom stereocenters. The Hall–Kier alpha value is -0.820. The van der Waals surface area contributed by atoms with Crippen molar-refractivity contribution in [3.05, 3.63) is 35.4 Å². The van der Waals surface area contributed by atoms with Crippen molar-refractivity contribution < 1.29 is 0 Å². The van der Waals surface area contributed by atoms with Gasteiger partial charge in [0.1, 0.15) is 0 Å². The lowest BCUT2D eigenvalue weighted by molar-refractivity contribution is 0.198. The first-order chi connectivity index (χ1) is 9.12. The molecule has 1 unspecified atom stereocenters. The molecule has 2 aliphatic carbocycles. The second-order valence-corrected chi connectivity index (χ2v) is 7.35. The van der Waals surface area contributed by atoms with E-state index in [2.05, 4.69) is 43.4 Å². The van der Waals surface area contributed by atoms with Crippen LogP contribution in [0.4, 0.5) is 0 Å². The largest absolute Gasteiger partial charge is 0.310 e. The molecule has 0 saturated heterocycles. The van der Waals surface area contributed by atoms with Crippen LogP contribution in [0.2, 0.25) is 0 Å². The minimum atomic E-state index is 0.533. The second-order valence-electron chi connectivity index (χ2n) is 7.35. The highest BCUT2D eigenvalue weighted by Gasteiger charge is 2.27. The number of nitrogens with one attached hydrogen (secondary N) is 1. The van der Waals surface area contributed by atoms with E-state index in [1.54, 1.807) is 5.56 Å². The zero-order chi connectivity index (χ0) is 13.3. The first-order valence-electron chi connectivity index (χ1n) is 7.95. The molecule has 0 heterocycles. The number of hydrogen-bond acceptors (Lipinski definition) is 1. The molecule has 0 spiro atoms. The van der Waals surface area contributed by atoms with E-state index in [-0.39, 0.29) is 0 Å². The van der Waals surface area contributed by atoms with Gasteiger partial charge in [0, 0.05) is 12.6 Å². The summed E-state index contributed by atoms with van der Waals surface area (Å²) >= 11 is 0. The van der Waals surface area contributed by atoms with Crippen molar-refractivity contribution in [1.82, 2.24) is 5.32 Å². The van der Waals surface area contributed by atoms with E-state index >= 15 is 0 Å². The van der Waals surface area contributed by atoms with Gasteiger partial charge in [-0.05, 0) is 54.6 Å². The zero-order valence-corrected chi connectivity index (χ0v) is 12.4. The van der Waals surface area contributed by atoms with Crippen molar-refractivity contribution in [3.8, 4) is 0 Å². The fourth-order valence-electron chi connectivity index (χ4n) is 3.46. The Morgan fingerprint density at radius 3 is 2.47 bits per heavy atom. The third-order valence-electron chi connectivity index (χ3n) is 4.83. The third kappa shape index (κ3) is 3.60. The Morgan fingerprint density at radius 2 is 1.84 bits per heavy atom. The summed E-state index contributed by atoms with van der Waals surface area (Å²) in [6.45, 7) is 5.85. The monoisotopic (exact) mass is 257 g/mol. The topological polar surface area (TPSA) is 12.0 Å². The molecule has 1 heteroatoms. The van der Waals surface area contributed by atoms with Crippen LogP contribution in [0.1, 0.15) is 69.4 Å². The Balaban J connectivity index is 1.51. The molecule has 19 heavy (non-hydrogen) atoms. The van der Waals surface area contributed by atoms with Crippen LogP contribution in [-0.4, -0.2) is 6.04 Å². The zero-order valence-electron chi connectivity index (χ0n) is 12.4. The molecule has 2 aliphatic rings. The average molecular weight is 257 g/mol. The van der Waals surface area contributed by atoms with Crippen molar-refractivity contribution in [3.63, 3.8) is 0 Å². The van der Waals surface area contributed by atoms with Crippen LogP contribution in [-0.2, 0) is 6.54 Å². The quantitative estimate of drug-likeness (QED) is 0.829. The van der Waals surface area contributed by atoms with Crippen LogP contribution in [0.5, 0.6) is 0 Å². The SMILES string of the molecule is CC1(C)CCCC(NCc2ccc(C3CC3)cc2)C1. The summed E-state index contributed by atoms with van der Waals surface area (Å²) in [7, 11) is 0. The van der Waals surface area contributed by atoms with Gasteiger partial charge in [-0.1, -0.05) is 44.5 Å². The molecule has 0 radical (unpaired) electrons. The summed E-state index contributed by atoms with van der Waals surface area (Å²) in [5, 5.41) is 3.76. The van der Waals surface area contributed by atoms with E-state index in [1.807, 2.05) is 0 Å². The van der Waals surface area contributed by atoms with Gasteiger partial charge in [-0.15, -0.1) is 0 Å². The minimum absolute atomic E-state index is 0.533. The molecule has 0 aliphatic heterocycles. The fourth-order valence-corrected chi connectivity index (χ4v) is 3.46. The summed E-state index contributed by atoms with van der Waals surface area (Å²) in [4.78, 5) is 0. The van der Waals surface area contributed by atoms with Gasteiger partial charge in [-0.25, -0.2) is 0 Å². The predicted molar refractivity (Wildman–Crippen MR) is 81.3 cm³/mol. The molecule has 2 fully saturated rings. The van der Waals surface area contributed by atoms with Gasteiger partial charge in [0.2, 0.25) is 0 Å². The maximum absolute atomic E-state index is 3.76. The van der Waals surface area contributed by atoms with Gasteiger partial charge < -0.3 is 5.32 Å². The second kappa shape index (κ2) is 5.28. The van der Waals surface area contributed by atoms with Crippen LogP contribution in [0, 0.1) is 5.41 Å². The molecule has 2 saturated carbocycles. The van der Waals surface area contributed by atoms with Crippen LogP contribution < -0.4 is 5.32 Å². The average Bonchev–Trinajstić information content (AvgIpc) is 3.20. The molecule has 0 aromatic heterocycles. The van der Waals surface area contributed by atoms with Crippen molar-refractivity contribution in [2.75, 3.05) is 0 Å².